The van der Waals surface area contributed by atoms with E-state index in [1.807, 2.05) is 47.4 Å². The Labute approximate surface area is 195 Å². The summed E-state index contributed by atoms with van der Waals surface area (Å²) in [5.74, 6) is 0.389. The summed E-state index contributed by atoms with van der Waals surface area (Å²) in [6.07, 6.45) is 5.41. The molecule has 1 aliphatic carbocycles. The van der Waals surface area contributed by atoms with Crippen molar-refractivity contribution >= 4 is 17.9 Å². The highest BCUT2D eigenvalue weighted by molar-refractivity contribution is 5.93. The van der Waals surface area contributed by atoms with Crippen molar-refractivity contribution in [2.45, 2.75) is 38.5 Å². The van der Waals surface area contributed by atoms with Gasteiger partial charge in [-0.05, 0) is 48.4 Å². The first kappa shape index (κ1) is 24.3. The van der Waals surface area contributed by atoms with Crippen molar-refractivity contribution in [3.63, 3.8) is 0 Å². The molecule has 1 heterocycles. The number of carboxylic acid groups (broad SMARTS) is 1. The van der Waals surface area contributed by atoms with E-state index in [-0.39, 0.29) is 5.91 Å². The topological polar surface area (TPSA) is 104 Å². The molecule has 33 heavy (non-hydrogen) atoms. The van der Waals surface area contributed by atoms with E-state index in [0.717, 1.165) is 17.5 Å². The highest BCUT2D eigenvalue weighted by Crippen LogP contribution is 2.28. The summed E-state index contributed by atoms with van der Waals surface area (Å²) in [4.78, 5) is 37.2. The molecule has 0 unspecified atom stereocenters. The minimum absolute atomic E-state index is 0.217. The van der Waals surface area contributed by atoms with Gasteiger partial charge in [-0.25, -0.2) is 4.79 Å². The van der Waals surface area contributed by atoms with Crippen molar-refractivity contribution < 1.29 is 19.5 Å². The van der Waals surface area contributed by atoms with Crippen molar-refractivity contribution in [1.82, 2.24) is 9.80 Å². The van der Waals surface area contributed by atoms with Crippen molar-refractivity contribution in [2.75, 3.05) is 26.2 Å². The van der Waals surface area contributed by atoms with Crippen LogP contribution in [0.2, 0.25) is 0 Å². The first-order chi connectivity index (χ1) is 15.9. The summed E-state index contributed by atoms with van der Waals surface area (Å²) in [6.45, 7) is 2.25. The Balaban J connectivity index is 0.000000189. The van der Waals surface area contributed by atoms with Gasteiger partial charge in [0.2, 0.25) is 11.8 Å². The number of primary amides is 1. The van der Waals surface area contributed by atoms with Gasteiger partial charge in [-0.2, -0.15) is 0 Å². The molecule has 4 rings (SSSR count). The number of benzene rings is 2. The van der Waals surface area contributed by atoms with Crippen LogP contribution in [0, 0.1) is 5.92 Å². The minimum Gasteiger partial charge on any atom is -0.465 e. The number of amides is 3. The van der Waals surface area contributed by atoms with Gasteiger partial charge in [0, 0.05) is 38.2 Å². The zero-order valence-electron chi connectivity index (χ0n) is 19.0. The molecule has 0 spiro atoms. The van der Waals surface area contributed by atoms with Gasteiger partial charge < -0.3 is 20.6 Å². The van der Waals surface area contributed by atoms with E-state index in [9.17, 15) is 14.4 Å². The van der Waals surface area contributed by atoms with Crippen LogP contribution < -0.4 is 5.73 Å². The predicted molar refractivity (Wildman–Crippen MR) is 128 cm³/mol. The van der Waals surface area contributed by atoms with Crippen LogP contribution in [0.3, 0.4) is 0 Å². The minimum atomic E-state index is -0.875. The average Bonchev–Trinajstić information content (AvgIpc) is 3.20. The van der Waals surface area contributed by atoms with Gasteiger partial charge >= 0.3 is 6.09 Å². The standard InChI is InChI=1S/C13H22N2O3.C13H11NO/c16-12(10-11-4-1-2-5-11)14-6-3-7-15(9-8-14)13(17)18;14-13(15)12-8-6-11(7-9-12)10-4-2-1-3-5-10/h11H,1-10H2,(H,17,18);1-9H,(H2,14,15). The van der Waals surface area contributed by atoms with Gasteiger partial charge in [-0.3, -0.25) is 9.59 Å². The van der Waals surface area contributed by atoms with Crippen molar-refractivity contribution in [3.05, 3.63) is 60.2 Å². The molecule has 0 aromatic heterocycles. The number of nitrogens with zero attached hydrogens (tertiary/aromatic N) is 2. The molecule has 7 heteroatoms. The zero-order chi connectivity index (χ0) is 23.6. The lowest BCUT2D eigenvalue weighted by molar-refractivity contribution is -0.132. The first-order valence-electron chi connectivity index (χ1n) is 11.6. The maximum absolute atomic E-state index is 12.1. The molecule has 2 aromatic carbocycles. The molecule has 2 aromatic rings. The molecule has 176 valence electrons. The first-order valence-corrected chi connectivity index (χ1v) is 11.6. The van der Waals surface area contributed by atoms with Crippen molar-refractivity contribution in [2.24, 2.45) is 11.7 Å². The van der Waals surface area contributed by atoms with Crippen LogP contribution in [0.15, 0.2) is 54.6 Å². The number of nitrogens with two attached hydrogens (primary N) is 1. The molecular weight excluding hydrogens is 418 g/mol. The average molecular weight is 452 g/mol. The van der Waals surface area contributed by atoms with Crippen LogP contribution in [-0.2, 0) is 4.79 Å². The molecule has 1 aliphatic heterocycles. The third-order valence-corrected chi connectivity index (χ3v) is 6.33. The molecular formula is C26H33N3O4. The van der Waals surface area contributed by atoms with Crippen LogP contribution in [0.1, 0.15) is 48.9 Å². The molecule has 3 N–H and O–H groups in total. The Bertz CT molecular complexity index is 924. The number of carbonyl (C=O) groups excluding carboxylic acids is 2. The van der Waals surface area contributed by atoms with E-state index in [0.29, 0.717) is 44.1 Å². The maximum Gasteiger partial charge on any atom is 0.407 e. The summed E-state index contributed by atoms with van der Waals surface area (Å²) in [6, 6.07) is 17.3. The van der Waals surface area contributed by atoms with Crippen LogP contribution in [0.5, 0.6) is 0 Å². The summed E-state index contributed by atoms with van der Waals surface area (Å²) < 4.78 is 0. The van der Waals surface area contributed by atoms with Gasteiger partial charge in [0.1, 0.15) is 0 Å². The third kappa shape index (κ3) is 7.34. The SMILES string of the molecule is NC(=O)c1ccc(-c2ccccc2)cc1.O=C(O)N1CCCN(C(=O)CC2CCCC2)CC1. The molecule has 3 amide bonds. The largest absolute Gasteiger partial charge is 0.465 e. The number of hydrogen-bond acceptors (Lipinski definition) is 3. The Morgan fingerprint density at radius 1 is 0.788 bits per heavy atom. The maximum atomic E-state index is 12.1. The van der Waals surface area contributed by atoms with E-state index in [2.05, 4.69) is 0 Å². The highest BCUT2D eigenvalue weighted by Gasteiger charge is 2.24. The molecule has 2 fully saturated rings. The second-order valence-corrected chi connectivity index (χ2v) is 8.67. The van der Waals surface area contributed by atoms with E-state index in [4.69, 9.17) is 10.8 Å². The van der Waals surface area contributed by atoms with E-state index < -0.39 is 12.0 Å². The Kier molecular flexibility index (Phi) is 8.87. The normalized spacial score (nSPS) is 16.5. The molecule has 1 saturated carbocycles. The van der Waals surface area contributed by atoms with Gasteiger partial charge in [0.25, 0.3) is 0 Å². The summed E-state index contributed by atoms with van der Waals surface area (Å²) >= 11 is 0. The van der Waals surface area contributed by atoms with E-state index >= 15 is 0 Å². The van der Waals surface area contributed by atoms with Gasteiger partial charge in [0.05, 0.1) is 0 Å². The Morgan fingerprint density at radius 2 is 1.36 bits per heavy atom. The van der Waals surface area contributed by atoms with Crippen molar-refractivity contribution in [1.29, 1.82) is 0 Å². The fraction of sp³-hybridized carbons (Fsp3) is 0.423. The molecule has 2 aliphatic rings. The molecule has 0 radical (unpaired) electrons. The monoisotopic (exact) mass is 451 g/mol. The van der Waals surface area contributed by atoms with E-state index in [1.165, 1.54) is 30.6 Å². The zero-order valence-corrected chi connectivity index (χ0v) is 19.0. The van der Waals surface area contributed by atoms with Crippen LogP contribution in [-0.4, -0.2) is 59.0 Å². The summed E-state index contributed by atoms with van der Waals surface area (Å²) in [7, 11) is 0. The summed E-state index contributed by atoms with van der Waals surface area (Å²) in [5, 5.41) is 8.94. The Morgan fingerprint density at radius 3 is 1.97 bits per heavy atom. The van der Waals surface area contributed by atoms with Crippen LogP contribution in [0.4, 0.5) is 4.79 Å². The molecule has 1 saturated heterocycles. The molecule has 7 nitrogen and oxygen atoms in total. The number of hydrogen-bond donors (Lipinski definition) is 2. The summed E-state index contributed by atoms with van der Waals surface area (Å²) in [5.41, 5.74) is 7.92. The van der Waals surface area contributed by atoms with Crippen molar-refractivity contribution in [3.8, 4) is 11.1 Å². The number of carbonyl (C=O) groups is 3. The van der Waals surface area contributed by atoms with Crippen LogP contribution in [0.25, 0.3) is 11.1 Å². The van der Waals surface area contributed by atoms with Gasteiger partial charge in [-0.15, -0.1) is 0 Å². The lowest BCUT2D eigenvalue weighted by Crippen LogP contribution is -2.37. The third-order valence-electron chi connectivity index (χ3n) is 6.33. The number of rotatable bonds is 4. The van der Waals surface area contributed by atoms with Gasteiger partial charge in [0.15, 0.2) is 0 Å². The second-order valence-electron chi connectivity index (χ2n) is 8.67. The Hall–Kier alpha value is -3.35. The lowest BCUT2D eigenvalue weighted by atomic mass is 10.0. The molecule has 0 bridgehead atoms. The predicted octanol–water partition coefficient (Wildman–Crippen LogP) is 4.23. The second kappa shape index (κ2) is 12.0. The van der Waals surface area contributed by atoms with Crippen LogP contribution >= 0.6 is 0 Å². The van der Waals surface area contributed by atoms with Gasteiger partial charge in [-0.1, -0.05) is 55.3 Å². The quantitative estimate of drug-likeness (QED) is 0.726. The van der Waals surface area contributed by atoms with E-state index in [1.54, 1.807) is 12.1 Å². The lowest BCUT2D eigenvalue weighted by Gasteiger charge is -2.22. The smallest absolute Gasteiger partial charge is 0.407 e. The fourth-order valence-electron chi connectivity index (χ4n) is 4.41. The fourth-order valence-corrected chi connectivity index (χ4v) is 4.41. The highest BCUT2D eigenvalue weighted by atomic mass is 16.4. The molecule has 0 atom stereocenters.